The highest BCUT2D eigenvalue weighted by Crippen LogP contribution is 2.37. The van der Waals surface area contributed by atoms with Crippen LogP contribution in [0.2, 0.25) is 0 Å². The Balaban J connectivity index is 1.13. The average molecular weight is 771 g/mol. The number of phenols is 2. The first-order chi connectivity index (χ1) is 25.5. The van der Waals surface area contributed by atoms with Gasteiger partial charge in [-0.1, -0.05) is 36.4 Å². The number of benzene rings is 6. The topological polar surface area (TPSA) is 266 Å². The molecule has 54 heavy (non-hydrogen) atoms. The van der Waals surface area contributed by atoms with Crippen molar-refractivity contribution in [3.8, 4) is 11.5 Å². The minimum absolute atomic E-state index is 0.0229. The lowest BCUT2D eigenvalue weighted by Gasteiger charge is -2.13. The Bertz CT molecular complexity index is 2600. The Hall–Kier alpha value is -6.86. The first kappa shape index (κ1) is 36.9. The molecule has 0 aromatic heterocycles. The van der Waals surface area contributed by atoms with Crippen LogP contribution in [-0.4, -0.2) is 59.8 Å². The number of carbonyl (C=O) groups is 4. The van der Waals surface area contributed by atoms with Gasteiger partial charge in [-0.25, -0.2) is 0 Å². The number of phenolic OH excluding ortho intramolecular Hbond substituents is 2. The lowest BCUT2D eigenvalue weighted by atomic mass is 10.1. The van der Waals surface area contributed by atoms with Gasteiger partial charge in [-0.2, -0.15) is 16.8 Å². The van der Waals surface area contributed by atoms with Crippen LogP contribution in [0.1, 0.15) is 20.7 Å². The predicted octanol–water partition coefficient (Wildman–Crippen LogP) is 4.98. The van der Waals surface area contributed by atoms with Crippen LogP contribution < -0.4 is 21.3 Å². The van der Waals surface area contributed by atoms with Crippen molar-refractivity contribution in [3.05, 3.63) is 120 Å². The predicted molar refractivity (Wildman–Crippen MR) is 197 cm³/mol. The zero-order valence-electron chi connectivity index (χ0n) is 27.3. The van der Waals surface area contributed by atoms with E-state index in [-0.39, 0.29) is 55.4 Å². The van der Waals surface area contributed by atoms with Gasteiger partial charge in [0.15, 0.2) is 0 Å². The molecule has 18 heteroatoms. The molecule has 6 aromatic carbocycles. The molecule has 0 aliphatic heterocycles. The van der Waals surface area contributed by atoms with E-state index in [1.165, 1.54) is 84.9 Å². The summed E-state index contributed by atoms with van der Waals surface area (Å²) in [5.74, 6) is -4.56. The van der Waals surface area contributed by atoms with Crippen molar-refractivity contribution in [1.29, 1.82) is 0 Å². The van der Waals surface area contributed by atoms with Gasteiger partial charge < -0.3 is 31.5 Å². The van der Waals surface area contributed by atoms with E-state index in [1.54, 1.807) is 0 Å². The molecule has 0 fully saturated rings. The summed E-state index contributed by atoms with van der Waals surface area (Å²) in [5, 5.41) is 30.3. The molecule has 4 amide bonds. The monoisotopic (exact) mass is 770 g/mol. The molecule has 0 spiro atoms. The Morgan fingerprint density at radius 3 is 1.20 bits per heavy atom. The fraction of sp³-hybridized carbons (Fsp3) is 0. The van der Waals surface area contributed by atoms with Gasteiger partial charge in [0, 0.05) is 55.4 Å². The van der Waals surface area contributed by atoms with Crippen LogP contribution in [0, 0.1) is 0 Å². The van der Waals surface area contributed by atoms with Gasteiger partial charge in [-0.3, -0.25) is 28.3 Å². The van der Waals surface area contributed by atoms with Crippen molar-refractivity contribution in [3.63, 3.8) is 0 Å². The number of amides is 4. The largest absolute Gasteiger partial charge is 0.507 e. The number of carbonyl (C=O) groups excluding carboxylic acids is 4. The average Bonchev–Trinajstić information content (AvgIpc) is 3.13. The van der Waals surface area contributed by atoms with Crippen LogP contribution in [-0.2, 0) is 29.8 Å². The minimum atomic E-state index is -4.72. The third-order valence-corrected chi connectivity index (χ3v) is 9.78. The summed E-state index contributed by atoms with van der Waals surface area (Å²) >= 11 is 0. The van der Waals surface area contributed by atoms with E-state index in [0.717, 1.165) is 24.3 Å². The SMILES string of the molecule is O=C(Nc1cccc(C(=O)Nc2ccc(O)c3c(S(=O)(=O)O)cccc23)c1)C(=O)Nc1cccc(C(=O)Nc2ccc(O)c3c(S(=O)(=O)O)cccc23)c1. The van der Waals surface area contributed by atoms with E-state index in [9.17, 15) is 55.3 Å². The number of aromatic hydroxyl groups is 2. The maximum absolute atomic E-state index is 13.2. The van der Waals surface area contributed by atoms with Gasteiger partial charge in [0.2, 0.25) is 0 Å². The molecule has 0 bridgehead atoms. The van der Waals surface area contributed by atoms with E-state index < -0.39 is 65.2 Å². The second-order valence-corrected chi connectivity index (χ2v) is 14.3. The summed E-state index contributed by atoms with van der Waals surface area (Å²) in [4.78, 5) is 50.8. The number of hydrogen-bond acceptors (Lipinski definition) is 10. The minimum Gasteiger partial charge on any atom is -0.507 e. The Kier molecular flexibility index (Phi) is 9.76. The van der Waals surface area contributed by atoms with Gasteiger partial charge in [-0.05, 0) is 72.8 Å². The molecule has 6 rings (SSSR count). The first-order valence-corrected chi connectivity index (χ1v) is 18.3. The summed E-state index contributed by atoms with van der Waals surface area (Å²) in [6, 6.07) is 23.6. The number of anilines is 4. The first-order valence-electron chi connectivity index (χ1n) is 15.4. The van der Waals surface area contributed by atoms with Gasteiger partial charge in [-0.15, -0.1) is 0 Å². The Morgan fingerprint density at radius 1 is 0.463 bits per heavy atom. The van der Waals surface area contributed by atoms with Crippen LogP contribution in [0.15, 0.2) is 119 Å². The van der Waals surface area contributed by atoms with Crippen LogP contribution in [0.3, 0.4) is 0 Å². The van der Waals surface area contributed by atoms with E-state index in [2.05, 4.69) is 21.3 Å². The zero-order valence-corrected chi connectivity index (χ0v) is 28.9. The van der Waals surface area contributed by atoms with Gasteiger partial charge in [0.25, 0.3) is 32.1 Å². The molecule has 0 atom stereocenters. The normalized spacial score (nSPS) is 11.5. The number of nitrogens with one attached hydrogen (secondary N) is 4. The fourth-order valence-corrected chi connectivity index (χ4v) is 7.05. The van der Waals surface area contributed by atoms with Crippen LogP contribution >= 0.6 is 0 Å². The molecule has 0 unspecified atom stereocenters. The number of fused-ring (bicyclic) bond motifs is 2. The Morgan fingerprint density at radius 2 is 0.833 bits per heavy atom. The standard InChI is InChI=1S/C36H26N4O12S2/c41-27-15-13-25(23-9-3-11-29(31(23)27)53(47,48)49)39-33(43)19-5-1-7-21(17-19)37-35(45)36(46)38-22-8-2-6-20(18-22)34(44)40-26-14-16-28(42)32-24(26)10-4-12-30(32)54(50,51)52/h1-18,41-42H,(H,37,45)(H,38,46)(H,39,43)(H,40,44)(H,47,48,49)(H,50,51,52). The zero-order chi connectivity index (χ0) is 38.9. The van der Waals surface area contributed by atoms with Crippen molar-refractivity contribution < 1.29 is 55.3 Å². The number of rotatable bonds is 8. The van der Waals surface area contributed by atoms with Crippen molar-refractivity contribution in [2.75, 3.05) is 21.3 Å². The van der Waals surface area contributed by atoms with Crippen LogP contribution in [0.25, 0.3) is 21.5 Å². The van der Waals surface area contributed by atoms with Crippen molar-refractivity contribution >= 4 is 88.2 Å². The summed E-state index contributed by atoms with van der Waals surface area (Å²) < 4.78 is 66.6. The Labute approximate surface area is 305 Å². The highest BCUT2D eigenvalue weighted by molar-refractivity contribution is 7.86. The van der Waals surface area contributed by atoms with Crippen LogP contribution in [0.4, 0.5) is 22.7 Å². The lowest BCUT2D eigenvalue weighted by molar-refractivity contribution is -0.132. The number of hydrogen-bond donors (Lipinski definition) is 8. The highest BCUT2D eigenvalue weighted by Gasteiger charge is 2.22. The molecule has 0 saturated heterocycles. The summed E-state index contributed by atoms with van der Waals surface area (Å²) in [5.41, 5.74) is 0.359. The molecular weight excluding hydrogens is 745 g/mol. The van der Waals surface area contributed by atoms with E-state index in [4.69, 9.17) is 0 Å². The van der Waals surface area contributed by atoms with E-state index in [1.807, 2.05) is 0 Å². The fourth-order valence-electron chi connectivity index (χ4n) is 5.60. The molecule has 16 nitrogen and oxygen atoms in total. The molecular formula is C36H26N4O12S2. The molecule has 8 N–H and O–H groups in total. The molecule has 6 aromatic rings. The third kappa shape index (κ3) is 7.66. The van der Waals surface area contributed by atoms with E-state index in [0.29, 0.717) is 0 Å². The second kappa shape index (κ2) is 14.3. The smallest absolute Gasteiger partial charge is 0.314 e. The lowest BCUT2D eigenvalue weighted by Crippen LogP contribution is -2.29. The maximum atomic E-state index is 13.2. The molecule has 0 heterocycles. The van der Waals surface area contributed by atoms with Gasteiger partial charge in [0.1, 0.15) is 21.3 Å². The molecule has 0 aliphatic rings. The molecule has 0 aliphatic carbocycles. The van der Waals surface area contributed by atoms with Crippen molar-refractivity contribution in [1.82, 2.24) is 0 Å². The summed E-state index contributed by atoms with van der Waals surface area (Å²) in [6.07, 6.45) is 0. The van der Waals surface area contributed by atoms with Gasteiger partial charge >= 0.3 is 11.8 Å². The van der Waals surface area contributed by atoms with Crippen molar-refractivity contribution in [2.45, 2.75) is 9.79 Å². The second-order valence-electron chi connectivity index (χ2n) is 11.6. The highest BCUT2D eigenvalue weighted by atomic mass is 32.2. The summed E-state index contributed by atoms with van der Waals surface area (Å²) in [7, 11) is -9.43. The molecule has 0 radical (unpaired) electrons. The van der Waals surface area contributed by atoms with Crippen molar-refractivity contribution in [2.24, 2.45) is 0 Å². The molecule has 0 saturated carbocycles. The maximum Gasteiger partial charge on any atom is 0.314 e. The quantitative estimate of drug-likeness (QED) is 0.0579. The third-order valence-electron chi connectivity index (χ3n) is 7.98. The molecule has 274 valence electrons. The van der Waals surface area contributed by atoms with E-state index >= 15 is 0 Å². The summed E-state index contributed by atoms with van der Waals surface area (Å²) in [6.45, 7) is 0. The van der Waals surface area contributed by atoms with Gasteiger partial charge in [0.05, 0.1) is 0 Å². The van der Waals surface area contributed by atoms with Crippen LogP contribution in [0.5, 0.6) is 11.5 Å².